The molecule has 0 radical (unpaired) electrons. The summed E-state index contributed by atoms with van der Waals surface area (Å²) in [6, 6.07) is 11.3. The Labute approximate surface area is 178 Å². The maximum Gasteiger partial charge on any atom is 0.265 e. The van der Waals surface area contributed by atoms with Crippen molar-refractivity contribution in [3.63, 3.8) is 0 Å². The quantitative estimate of drug-likeness (QED) is 0.643. The molecule has 2 N–H and O–H groups in total. The molecule has 2 aromatic carbocycles. The summed E-state index contributed by atoms with van der Waals surface area (Å²) in [6.07, 6.45) is -0.518. The van der Waals surface area contributed by atoms with Gasteiger partial charge in [-0.2, -0.15) is 0 Å². The van der Waals surface area contributed by atoms with Crippen LogP contribution in [0.15, 0.2) is 41.8 Å². The zero-order chi connectivity index (χ0) is 21.3. The predicted octanol–water partition coefficient (Wildman–Crippen LogP) is 4.16. The van der Waals surface area contributed by atoms with Crippen LogP contribution in [0.3, 0.4) is 0 Å². The van der Waals surface area contributed by atoms with Gasteiger partial charge in [-0.25, -0.2) is 4.98 Å². The van der Waals surface area contributed by atoms with Crippen molar-refractivity contribution < 1.29 is 19.1 Å². The number of nitrogens with one attached hydrogen (secondary N) is 2. The second-order valence-corrected chi connectivity index (χ2v) is 7.96. The number of benzene rings is 2. The van der Waals surface area contributed by atoms with Gasteiger partial charge in [0.25, 0.3) is 11.8 Å². The molecule has 7 nitrogen and oxygen atoms in total. The van der Waals surface area contributed by atoms with Crippen molar-refractivity contribution in [3.8, 4) is 22.8 Å². The number of ether oxygens (including phenoxy) is 2. The molecular formula is C22H21N3O4S. The van der Waals surface area contributed by atoms with E-state index < -0.39 is 6.10 Å². The number of amides is 2. The van der Waals surface area contributed by atoms with E-state index in [4.69, 9.17) is 9.47 Å². The lowest BCUT2D eigenvalue weighted by Gasteiger charge is -2.23. The number of carbonyl (C=O) groups excluding carboxylic acids is 2. The van der Waals surface area contributed by atoms with Crippen molar-refractivity contribution in [1.82, 2.24) is 4.98 Å². The second-order valence-electron chi connectivity index (χ2n) is 7.10. The Bertz CT molecular complexity index is 1130. The molecule has 0 bridgehead atoms. The molecule has 0 spiro atoms. The van der Waals surface area contributed by atoms with Gasteiger partial charge in [-0.3, -0.25) is 14.9 Å². The number of aryl methyl sites for hydroxylation is 2. The van der Waals surface area contributed by atoms with Gasteiger partial charge in [0.1, 0.15) is 11.5 Å². The third-order valence-corrected chi connectivity index (χ3v) is 5.42. The first-order valence-corrected chi connectivity index (χ1v) is 10.3. The van der Waals surface area contributed by atoms with E-state index in [1.54, 1.807) is 13.0 Å². The number of hydrogen-bond donors (Lipinski definition) is 2. The highest BCUT2D eigenvalue weighted by atomic mass is 32.1. The average Bonchev–Trinajstić information content (AvgIpc) is 3.17. The zero-order valence-corrected chi connectivity index (χ0v) is 17.6. The van der Waals surface area contributed by atoms with Gasteiger partial charge in [-0.1, -0.05) is 12.1 Å². The van der Waals surface area contributed by atoms with Crippen LogP contribution in [0.5, 0.6) is 11.5 Å². The summed E-state index contributed by atoms with van der Waals surface area (Å²) in [5.41, 5.74) is 4.16. The lowest BCUT2D eigenvalue weighted by molar-refractivity contribution is -0.122. The van der Waals surface area contributed by atoms with Crippen LogP contribution in [0.1, 0.15) is 18.1 Å². The minimum atomic E-state index is -0.518. The predicted molar refractivity (Wildman–Crippen MR) is 116 cm³/mol. The summed E-state index contributed by atoms with van der Waals surface area (Å²) in [7, 11) is 0. The van der Waals surface area contributed by atoms with Crippen molar-refractivity contribution >= 4 is 34.0 Å². The zero-order valence-electron chi connectivity index (χ0n) is 16.8. The van der Waals surface area contributed by atoms with Crippen LogP contribution in [0.25, 0.3) is 11.3 Å². The molecule has 30 heavy (non-hydrogen) atoms. The fraction of sp³-hybridized carbons (Fsp3) is 0.227. The van der Waals surface area contributed by atoms with E-state index >= 15 is 0 Å². The molecule has 154 valence electrons. The van der Waals surface area contributed by atoms with E-state index in [1.807, 2.05) is 49.6 Å². The van der Waals surface area contributed by atoms with E-state index in [0.717, 1.165) is 16.7 Å². The normalized spacial score (nSPS) is 15.0. The van der Waals surface area contributed by atoms with Crippen LogP contribution in [0.4, 0.5) is 10.8 Å². The fourth-order valence-electron chi connectivity index (χ4n) is 2.99. The molecule has 8 heteroatoms. The molecule has 3 aromatic rings. The molecule has 0 saturated heterocycles. The largest absolute Gasteiger partial charge is 0.483 e. The number of fused-ring (bicyclic) bond motifs is 1. The van der Waals surface area contributed by atoms with E-state index in [-0.39, 0.29) is 18.4 Å². The lowest BCUT2D eigenvalue weighted by atomic mass is 10.1. The number of rotatable bonds is 5. The van der Waals surface area contributed by atoms with Gasteiger partial charge >= 0.3 is 0 Å². The third kappa shape index (κ3) is 4.28. The first kappa shape index (κ1) is 19.9. The summed E-state index contributed by atoms with van der Waals surface area (Å²) >= 11 is 1.32. The van der Waals surface area contributed by atoms with Crippen molar-refractivity contribution in [3.05, 3.63) is 52.9 Å². The monoisotopic (exact) mass is 423 g/mol. The van der Waals surface area contributed by atoms with E-state index in [0.29, 0.717) is 28.0 Å². The summed E-state index contributed by atoms with van der Waals surface area (Å²) in [5.74, 6) is 0.849. The molecule has 4 rings (SSSR count). The maximum atomic E-state index is 12.3. The number of carbonyl (C=O) groups is 2. The highest BCUT2D eigenvalue weighted by Crippen LogP contribution is 2.35. The molecular weight excluding hydrogens is 402 g/mol. The van der Waals surface area contributed by atoms with E-state index in [2.05, 4.69) is 15.6 Å². The molecule has 0 saturated carbocycles. The first-order chi connectivity index (χ1) is 14.4. The summed E-state index contributed by atoms with van der Waals surface area (Å²) in [5, 5.41) is 7.91. The van der Waals surface area contributed by atoms with Crippen molar-refractivity contribution in [2.24, 2.45) is 0 Å². The van der Waals surface area contributed by atoms with Crippen molar-refractivity contribution in [1.29, 1.82) is 0 Å². The van der Waals surface area contributed by atoms with Gasteiger partial charge in [-0.15, -0.1) is 11.3 Å². The summed E-state index contributed by atoms with van der Waals surface area (Å²) < 4.78 is 11.2. The second kappa shape index (κ2) is 8.16. The minimum Gasteiger partial charge on any atom is -0.483 e. The van der Waals surface area contributed by atoms with Crippen LogP contribution >= 0.6 is 11.3 Å². The SMILES string of the molecule is Cc1ccc(C)c(OCC(=O)Nc2nc(-c3ccc4c(c3)NC(=O)[C@H](C)O4)cs2)c1. The van der Waals surface area contributed by atoms with Crippen molar-refractivity contribution in [2.45, 2.75) is 26.9 Å². The van der Waals surface area contributed by atoms with E-state index in [1.165, 1.54) is 11.3 Å². The molecule has 0 aliphatic carbocycles. The lowest BCUT2D eigenvalue weighted by Crippen LogP contribution is -2.34. The molecule has 1 aromatic heterocycles. The van der Waals surface area contributed by atoms with Gasteiger partial charge < -0.3 is 14.8 Å². The molecule has 2 amide bonds. The number of hydrogen-bond acceptors (Lipinski definition) is 6. The van der Waals surface area contributed by atoms with Crippen LogP contribution in [-0.2, 0) is 9.59 Å². The Morgan fingerprint density at radius 1 is 1.27 bits per heavy atom. The van der Waals surface area contributed by atoms with Gasteiger partial charge in [-0.05, 0) is 56.2 Å². The van der Waals surface area contributed by atoms with E-state index in [9.17, 15) is 9.59 Å². The third-order valence-electron chi connectivity index (χ3n) is 4.66. The Morgan fingerprint density at radius 3 is 2.93 bits per heavy atom. The van der Waals surface area contributed by atoms with Gasteiger partial charge in [0.15, 0.2) is 17.8 Å². The fourth-order valence-corrected chi connectivity index (χ4v) is 3.73. The summed E-state index contributed by atoms with van der Waals surface area (Å²) in [6.45, 7) is 5.51. The molecule has 2 heterocycles. The topological polar surface area (TPSA) is 89.5 Å². The highest BCUT2D eigenvalue weighted by molar-refractivity contribution is 7.14. The van der Waals surface area contributed by atoms with Crippen molar-refractivity contribution in [2.75, 3.05) is 17.2 Å². The Morgan fingerprint density at radius 2 is 2.10 bits per heavy atom. The number of aromatic nitrogens is 1. The standard InChI is InChI=1S/C22H21N3O4S/c1-12-4-5-13(2)19(8-12)28-10-20(26)25-22-24-17(11-30-22)15-6-7-18-16(9-15)23-21(27)14(3)29-18/h4-9,11,14H,10H2,1-3H3,(H,23,27)(H,24,25,26)/t14-/m0/s1. The molecule has 1 aliphatic heterocycles. The minimum absolute atomic E-state index is 0.0976. The Kier molecular flexibility index (Phi) is 5.41. The Hall–Kier alpha value is -3.39. The number of thiazole rings is 1. The van der Waals surface area contributed by atoms with Crippen LogP contribution < -0.4 is 20.1 Å². The molecule has 1 atom stereocenters. The van der Waals surface area contributed by atoms with Crippen LogP contribution in [-0.4, -0.2) is 29.5 Å². The molecule has 1 aliphatic rings. The number of nitrogens with zero attached hydrogens (tertiary/aromatic N) is 1. The molecule has 0 fully saturated rings. The highest BCUT2D eigenvalue weighted by Gasteiger charge is 2.24. The smallest absolute Gasteiger partial charge is 0.265 e. The Balaban J connectivity index is 1.41. The van der Waals surface area contributed by atoms with Gasteiger partial charge in [0.2, 0.25) is 0 Å². The maximum absolute atomic E-state index is 12.3. The van der Waals surface area contributed by atoms with Crippen LogP contribution in [0.2, 0.25) is 0 Å². The van der Waals surface area contributed by atoms with Gasteiger partial charge in [0, 0.05) is 10.9 Å². The summed E-state index contributed by atoms with van der Waals surface area (Å²) in [4.78, 5) is 28.5. The van der Waals surface area contributed by atoms with Crippen LogP contribution in [0, 0.1) is 13.8 Å². The first-order valence-electron chi connectivity index (χ1n) is 9.46. The molecule has 0 unspecified atom stereocenters. The number of anilines is 2. The van der Waals surface area contributed by atoms with Gasteiger partial charge in [0.05, 0.1) is 11.4 Å². The average molecular weight is 423 g/mol.